The second kappa shape index (κ2) is 8.57. The van der Waals surface area contributed by atoms with Gasteiger partial charge < -0.3 is 9.84 Å². The number of carboxylic acids is 1. The second-order valence-corrected chi connectivity index (χ2v) is 4.96. The first-order valence-electron chi connectivity index (χ1n) is 7.13. The van der Waals surface area contributed by atoms with Crippen molar-refractivity contribution in [3.63, 3.8) is 0 Å². The van der Waals surface area contributed by atoms with E-state index in [-0.39, 0.29) is 6.10 Å². The molecule has 1 N–H and O–H groups in total. The number of aromatic carboxylic acids is 1. The summed E-state index contributed by atoms with van der Waals surface area (Å²) in [6.07, 6.45) is 7.56. The van der Waals surface area contributed by atoms with Crippen molar-refractivity contribution in [1.82, 2.24) is 0 Å². The van der Waals surface area contributed by atoms with Crippen molar-refractivity contribution in [3.05, 3.63) is 29.8 Å². The Bertz CT molecular complexity index is 370. The Labute approximate surface area is 115 Å². The van der Waals surface area contributed by atoms with Gasteiger partial charge in [0.15, 0.2) is 0 Å². The summed E-state index contributed by atoms with van der Waals surface area (Å²) >= 11 is 0. The van der Waals surface area contributed by atoms with Crippen LogP contribution in [0.1, 0.15) is 62.7 Å². The molecule has 19 heavy (non-hydrogen) atoms. The molecule has 1 aromatic rings. The normalized spacial score (nSPS) is 12.1. The van der Waals surface area contributed by atoms with Crippen LogP contribution in [0.15, 0.2) is 24.3 Å². The lowest BCUT2D eigenvalue weighted by atomic mass is 10.1. The number of carbonyl (C=O) groups is 1. The zero-order valence-corrected chi connectivity index (χ0v) is 11.9. The molecule has 0 amide bonds. The van der Waals surface area contributed by atoms with Crippen LogP contribution in [0.2, 0.25) is 0 Å². The molecule has 0 spiro atoms. The maximum atomic E-state index is 10.7. The molecule has 0 saturated carbocycles. The van der Waals surface area contributed by atoms with Gasteiger partial charge in [-0.05, 0) is 44.0 Å². The number of rotatable bonds is 9. The smallest absolute Gasteiger partial charge is 0.335 e. The van der Waals surface area contributed by atoms with E-state index in [0.29, 0.717) is 5.56 Å². The van der Waals surface area contributed by atoms with Crippen LogP contribution in [0.25, 0.3) is 0 Å². The van der Waals surface area contributed by atoms with E-state index in [4.69, 9.17) is 9.84 Å². The van der Waals surface area contributed by atoms with Crippen LogP contribution in [-0.2, 0) is 0 Å². The van der Waals surface area contributed by atoms with E-state index < -0.39 is 5.97 Å². The molecule has 1 atom stereocenters. The first-order chi connectivity index (χ1) is 9.13. The van der Waals surface area contributed by atoms with Gasteiger partial charge in [0, 0.05) is 0 Å². The molecular weight excluding hydrogens is 240 g/mol. The molecule has 0 fully saturated rings. The minimum atomic E-state index is -0.907. The van der Waals surface area contributed by atoms with Gasteiger partial charge in [-0.1, -0.05) is 32.6 Å². The van der Waals surface area contributed by atoms with Crippen LogP contribution in [0.5, 0.6) is 5.75 Å². The number of hydrogen-bond donors (Lipinski definition) is 1. The van der Waals surface area contributed by atoms with Crippen molar-refractivity contribution < 1.29 is 14.6 Å². The standard InChI is InChI=1S/C16H24O3/c1-3-4-5-6-7-8-13(2)19-15-11-9-14(10-12-15)16(17)18/h9-13H,3-8H2,1-2H3,(H,17,18)/t13-/m1/s1. The van der Waals surface area contributed by atoms with E-state index >= 15 is 0 Å². The van der Waals surface area contributed by atoms with E-state index in [9.17, 15) is 4.79 Å². The van der Waals surface area contributed by atoms with Gasteiger partial charge in [-0.15, -0.1) is 0 Å². The van der Waals surface area contributed by atoms with Crippen molar-refractivity contribution in [2.24, 2.45) is 0 Å². The fourth-order valence-electron chi connectivity index (χ4n) is 2.00. The summed E-state index contributed by atoms with van der Waals surface area (Å²) in [6.45, 7) is 4.28. The predicted molar refractivity (Wildman–Crippen MR) is 76.9 cm³/mol. The highest BCUT2D eigenvalue weighted by Gasteiger charge is 2.06. The van der Waals surface area contributed by atoms with E-state index in [0.717, 1.165) is 12.2 Å². The van der Waals surface area contributed by atoms with Gasteiger partial charge >= 0.3 is 5.97 Å². The first kappa shape index (κ1) is 15.5. The van der Waals surface area contributed by atoms with E-state index in [2.05, 4.69) is 13.8 Å². The van der Waals surface area contributed by atoms with Gasteiger partial charge in [-0.2, -0.15) is 0 Å². The van der Waals surface area contributed by atoms with Crippen molar-refractivity contribution in [1.29, 1.82) is 0 Å². The maximum Gasteiger partial charge on any atom is 0.335 e. The molecule has 1 aromatic carbocycles. The van der Waals surface area contributed by atoms with E-state index in [1.54, 1.807) is 24.3 Å². The highest BCUT2D eigenvalue weighted by atomic mass is 16.5. The van der Waals surface area contributed by atoms with Gasteiger partial charge in [0.05, 0.1) is 11.7 Å². The summed E-state index contributed by atoms with van der Waals surface area (Å²) in [5.74, 6) is -0.165. The zero-order chi connectivity index (χ0) is 14.1. The quantitative estimate of drug-likeness (QED) is 0.667. The number of benzene rings is 1. The molecule has 0 saturated heterocycles. The van der Waals surface area contributed by atoms with Crippen LogP contribution in [-0.4, -0.2) is 17.2 Å². The lowest BCUT2D eigenvalue weighted by molar-refractivity contribution is 0.0697. The Morgan fingerprint density at radius 1 is 1.16 bits per heavy atom. The first-order valence-corrected chi connectivity index (χ1v) is 7.13. The third kappa shape index (κ3) is 6.27. The largest absolute Gasteiger partial charge is 0.491 e. The van der Waals surface area contributed by atoms with Crippen molar-refractivity contribution in [2.45, 2.75) is 58.5 Å². The van der Waals surface area contributed by atoms with Crippen LogP contribution >= 0.6 is 0 Å². The number of carboxylic acid groups (broad SMARTS) is 1. The van der Waals surface area contributed by atoms with Crippen LogP contribution < -0.4 is 4.74 Å². The molecule has 0 unspecified atom stereocenters. The Morgan fingerprint density at radius 2 is 1.79 bits per heavy atom. The molecule has 0 bridgehead atoms. The summed E-state index contributed by atoms with van der Waals surface area (Å²) < 4.78 is 5.76. The lowest BCUT2D eigenvalue weighted by Crippen LogP contribution is -2.11. The van der Waals surface area contributed by atoms with Crippen LogP contribution in [0, 0.1) is 0 Å². The molecule has 3 nitrogen and oxygen atoms in total. The fourth-order valence-corrected chi connectivity index (χ4v) is 2.00. The molecule has 3 heteroatoms. The molecule has 0 aliphatic heterocycles. The summed E-state index contributed by atoms with van der Waals surface area (Å²) in [4.78, 5) is 10.7. The highest BCUT2D eigenvalue weighted by molar-refractivity contribution is 5.87. The predicted octanol–water partition coefficient (Wildman–Crippen LogP) is 4.51. The zero-order valence-electron chi connectivity index (χ0n) is 11.9. The average molecular weight is 264 g/mol. The van der Waals surface area contributed by atoms with Gasteiger partial charge in [-0.25, -0.2) is 4.79 Å². The summed E-state index contributed by atoms with van der Waals surface area (Å²) in [5.41, 5.74) is 0.291. The van der Waals surface area contributed by atoms with Crippen LogP contribution in [0.3, 0.4) is 0 Å². The highest BCUT2D eigenvalue weighted by Crippen LogP contribution is 2.16. The van der Waals surface area contributed by atoms with Crippen molar-refractivity contribution in [2.75, 3.05) is 0 Å². The number of ether oxygens (including phenoxy) is 1. The molecular formula is C16H24O3. The van der Waals surface area contributed by atoms with Crippen LogP contribution in [0.4, 0.5) is 0 Å². The van der Waals surface area contributed by atoms with Gasteiger partial charge in [0.1, 0.15) is 5.75 Å². The monoisotopic (exact) mass is 264 g/mol. The summed E-state index contributed by atoms with van der Waals surface area (Å²) in [7, 11) is 0. The SMILES string of the molecule is CCCCCCC[C@@H](C)Oc1ccc(C(=O)O)cc1. The average Bonchev–Trinajstić information content (AvgIpc) is 2.39. The Kier molecular flexibility index (Phi) is 7.01. The molecule has 0 aliphatic rings. The molecule has 0 aromatic heterocycles. The molecule has 0 aliphatic carbocycles. The third-order valence-corrected chi connectivity index (χ3v) is 3.15. The molecule has 1 rings (SSSR count). The van der Waals surface area contributed by atoms with Gasteiger partial charge in [0.25, 0.3) is 0 Å². The maximum absolute atomic E-state index is 10.7. The van der Waals surface area contributed by atoms with Gasteiger partial charge in [-0.3, -0.25) is 0 Å². The lowest BCUT2D eigenvalue weighted by Gasteiger charge is -2.14. The molecule has 0 radical (unpaired) electrons. The fraction of sp³-hybridized carbons (Fsp3) is 0.562. The van der Waals surface area contributed by atoms with Crippen molar-refractivity contribution >= 4 is 5.97 Å². The van der Waals surface area contributed by atoms with Gasteiger partial charge in [0.2, 0.25) is 0 Å². The molecule has 0 heterocycles. The number of unbranched alkanes of at least 4 members (excludes halogenated alkanes) is 4. The minimum absolute atomic E-state index is 0.178. The Hall–Kier alpha value is -1.51. The topological polar surface area (TPSA) is 46.5 Å². The second-order valence-electron chi connectivity index (χ2n) is 4.96. The summed E-state index contributed by atoms with van der Waals surface area (Å²) in [5, 5.41) is 8.80. The minimum Gasteiger partial charge on any atom is -0.491 e. The Morgan fingerprint density at radius 3 is 2.37 bits per heavy atom. The molecule has 106 valence electrons. The Balaban J connectivity index is 2.27. The van der Waals surface area contributed by atoms with E-state index in [1.807, 2.05) is 0 Å². The summed E-state index contributed by atoms with van der Waals surface area (Å²) in [6, 6.07) is 6.59. The number of hydrogen-bond acceptors (Lipinski definition) is 2. The van der Waals surface area contributed by atoms with Crippen molar-refractivity contribution in [3.8, 4) is 5.75 Å². The third-order valence-electron chi connectivity index (χ3n) is 3.15. The van der Waals surface area contributed by atoms with E-state index in [1.165, 1.54) is 32.1 Å².